The van der Waals surface area contributed by atoms with E-state index in [-0.39, 0.29) is 35.3 Å². The number of nitrogens with one attached hydrogen (secondary N) is 3. The molecule has 3 aliphatic rings. The number of carbonyl (C=O) groups is 2. The van der Waals surface area contributed by atoms with Crippen LogP contribution in [0.3, 0.4) is 0 Å². The number of carbonyl (C=O) groups excluding carboxylic acids is 2. The number of sulfone groups is 1. The highest BCUT2D eigenvalue weighted by atomic mass is 32.2. The molecule has 2 amide bonds. The number of amides is 2. The zero-order valence-corrected chi connectivity index (χ0v) is 25.5. The van der Waals surface area contributed by atoms with Crippen molar-refractivity contribution in [3.8, 4) is 0 Å². The van der Waals surface area contributed by atoms with Crippen LogP contribution in [0.25, 0.3) is 0 Å². The van der Waals surface area contributed by atoms with Crippen molar-refractivity contribution >= 4 is 39.1 Å². The Balaban J connectivity index is 1.26. The summed E-state index contributed by atoms with van der Waals surface area (Å²) >= 11 is 0. The third-order valence-corrected chi connectivity index (χ3v) is 10.6. The molecule has 0 spiro atoms. The number of likely N-dealkylation sites (tertiary alicyclic amines) is 1. The Hall–Kier alpha value is -3.46. The number of benzene rings is 1. The number of hydrogen-bond donors (Lipinski definition) is 3. The van der Waals surface area contributed by atoms with Gasteiger partial charge in [-0.1, -0.05) is 6.42 Å². The molecule has 0 radical (unpaired) electrons. The molecule has 2 aliphatic heterocycles. The van der Waals surface area contributed by atoms with Crippen molar-refractivity contribution in [2.75, 3.05) is 49.3 Å². The van der Waals surface area contributed by atoms with Gasteiger partial charge in [0, 0.05) is 42.6 Å². The molecule has 1 aromatic carbocycles. The van der Waals surface area contributed by atoms with Crippen LogP contribution in [0.1, 0.15) is 54.4 Å². The van der Waals surface area contributed by atoms with Gasteiger partial charge < -0.3 is 25.8 Å². The van der Waals surface area contributed by atoms with Crippen molar-refractivity contribution in [3.63, 3.8) is 0 Å². The van der Waals surface area contributed by atoms with Crippen LogP contribution >= 0.6 is 0 Å². The Morgan fingerprint density at radius 3 is 2.39 bits per heavy atom. The second-order valence-electron chi connectivity index (χ2n) is 12.0. The highest BCUT2D eigenvalue weighted by molar-refractivity contribution is 7.91. The van der Waals surface area contributed by atoms with Crippen LogP contribution in [-0.4, -0.2) is 96.8 Å². The lowest BCUT2D eigenvalue weighted by Crippen LogP contribution is -2.44. The van der Waals surface area contributed by atoms with E-state index in [1.165, 1.54) is 0 Å². The van der Waals surface area contributed by atoms with Gasteiger partial charge in [-0.05, 0) is 76.5 Å². The van der Waals surface area contributed by atoms with Crippen LogP contribution in [0.5, 0.6) is 0 Å². The van der Waals surface area contributed by atoms with Gasteiger partial charge in [0.15, 0.2) is 9.84 Å². The molecule has 11 nitrogen and oxygen atoms in total. The summed E-state index contributed by atoms with van der Waals surface area (Å²) in [5.41, 5.74) is -0.0823. The molecule has 15 heteroatoms. The van der Waals surface area contributed by atoms with Crippen molar-refractivity contribution in [1.29, 1.82) is 0 Å². The van der Waals surface area contributed by atoms with Crippen LogP contribution in [0, 0.1) is 5.92 Å². The molecule has 1 aromatic heterocycles. The molecule has 2 saturated heterocycles. The van der Waals surface area contributed by atoms with Gasteiger partial charge in [-0.3, -0.25) is 9.59 Å². The smallest absolute Gasteiger partial charge is 0.366 e. The van der Waals surface area contributed by atoms with E-state index in [0.29, 0.717) is 43.1 Å². The second kappa shape index (κ2) is 12.9. The molecule has 5 rings (SSSR count). The Kier molecular flexibility index (Phi) is 9.35. The monoisotopic (exact) mass is 637 g/mol. The molecule has 2 aromatic rings. The number of halogens is 3. The number of anilines is 3. The normalized spacial score (nSPS) is 24.2. The van der Waals surface area contributed by atoms with Gasteiger partial charge in [0.1, 0.15) is 11.4 Å². The van der Waals surface area contributed by atoms with Crippen LogP contribution in [0.15, 0.2) is 30.5 Å². The predicted octanol–water partition coefficient (Wildman–Crippen LogP) is 3.29. The van der Waals surface area contributed by atoms with Crippen molar-refractivity contribution in [2.24, 2.45) is 5.92 Å². The fraction of sp³-hybridized carbons (Fsp3) is 0.586. The van der Waals surface area contributed by atoms with E-state index in [9.17, 15) is 31.2 Å². The molecule has 3 fully saturated rings. The molecular formula is C29H38F3N7O4S. The Morgan fingerprint density at radius 1 is 1.05 bits per heavy atom. The van der Waals surface area contributed by atoms with E-state index in [0.717, 1.165) is 25.9 Å². The summed E-state index contributed by atoms with van der Waals surface area (Å²) in [5, 5.41) is 8.51. The lowest BCUT2D eigenvalue weighted by molar-refractivity contribution is -0.137. The molecule has 44 heavy (non-hydrogen) atoms. The lowest BCUT2D eigenvalue weighted by Gasteiger charge is -2.35. The highest BCUT2D eigenvalue weighted by Gasteiger charge is 2.40. The average molecular weight is 638 g/mol. The summed E-state index contributed by atoms with van der Waals surface area (Å²) < 4.78 is 65.3. The molecular weight excluding hydrogens is 599 g/mol. The highest BCUT2D eigenvalue weighted by Crippen LogP contribution is 2.37. The van der Waals surface area contributed by atoms with E-state index in [1.54, 1.807) is 36.2 Å². The molecule has 3 atom stereocenters. The number of rotatable bonds is 8. The number of alkyl halides is 3. The minimum absolute atomic E-state index is 0.00447. The Morgan fingerprint density at radius 2 is 1.75 bits per heavy atom. The maximum absolute atomic E-state index is 13.9. The Labute approximate surface area is 254 Å². The third kappa shape index (κ3) is 7.60. The predicted molar refractivity (Wildman–Crippen MR) is 159 cm³/mol. The molecule has 1 aliphatic carbocycles. The Bertz CT molecular complexity index is 1460. The molecule has 1 unspecified atom stereocenters. The third-order valence-electron chi connectivity index (χ3n) is 8.79. The minimum atomic E-state index is -4.74. The maximum atomic E-state index is 13.9. The number of piperidine rings is 1. The van der Waals surface area contributed by atoms with Crippen molar-refractivity contribution in [3.05, 3.63) is 41.6 Å². The van der Waals surface area contributed by atoms with Crippen molar-refractivity contribution < 1.29 is 31.2 Å². The summed E-state index contributed by atoms with van der Waals surface area (Å²) in [5.74, 6) is -1.78. The first-order chi connectivity index (χ1) is 20.8. The molecule has 3 N–H and O–H groups in total. The number of hydrogen-bond acceptors (Lipinski definition) is 9. The quantitative estimate of drug-likeness (QED) is 0.398. The summed E-state index contributed by atoms with van der Waals surface area (Å²) in [6.07, 6.45) is -0.396. The van der Waals surface area contributed by atoms with Gasteiger partial charge in [-0.2, -0.15) is 18.2 Å². The zero-order chi connectivity index (χ0) is 31.6. The summed E-state index contributed by atoms with van der Waals surface area (Å²) in [7, 11) is 0.661. The van der Waals surface area contributed by atoms with Gasteiger partial charge in [0.05, 0.1) is 17.4 Å². The van der Waals surface area contributed by atoms with Crippen LogP contribution in [0.2, 0.25) is 0 Å². The maximum Gasteiger partial charge on any atom is 0.421 e. The fourth-order valence-electron chi connectivity index (χ4n) is 6.18. The lowest BCUT2D eigenvalue weighted by atomic mass is 10.0. The van der Waals surface area contributed by atoms with Crippen LogP contribution in [-0.2, 0) is 20.8 Å². The van der Waals surface area contributed by atoms with E-state index in [4.69, 9.17) is 0 Å². The fourth-order valence-corrected chi connectivity index (χ4v) is 7.85. The molecule has 0 bridgehead atoms. The van der Waals surface area contributed by atoms with Crippen LogP contribution < -0.4 is 16.0 Å². The summed E-state index contributed by atoms with van der Waals surface area (Å²) in [6.45, 7) is 1.85. The van der Waals surface area contributed by atoms with Crippen molar-refractivity contribution in [2.45, 2.75) is 62.8 Å². The van der Waals surface area contributed by atoms with Gasteiger partial charge in [0.25, 0.3) is 5.91 Å². The largest absolute Gasteiger partial charge is 0.421 e. The van der Waals surface area contributed by atoms with E-state index in [2.05, 4.69) is 37.9 Å². The molecule has 3 heterocycles. The number of aromatic nitrogens is 2. The minimum Gasteiger partial charge on any atom is -0.366 e. The SMILES string of the molecule is CN1CCC(N(C)C(=O)c2ccc(Nc3ncc(C(F)(F)F)c(N[C@@H]4CCC[C@@H]4C(=O)NC4CCS(=O)(=O)C4)n3)cc2)CC1. The number of nitrogens with zero attached hydrogens (tertiary/aromatic N) is 4. The zero-order valence-electron chi connectivity index (χ0n) is 24.7. The first kappa shape index (κ1) is 31.9. The van der Waals surface area contributed by atoms with E-state index in [1.807, 2.05) is 0 Å². The first-order valence-corrected chi connectivity index (χ1v) is 16.7. The van der Waals surface area contributed by atoms with Gasteiger partial charge >= 0.3 is 6.18 Å². The molecule has 240 valence electrons. The molecule has 1 saturated carbocycles. The first-order valence-electron chi connectivity index (χ1n) is 14.8. The van der Waals surface area contributed by atoms with Gasteiger partial charge in [0.2, 0.25) is 11.9 Å². The topological polar surface area (TPSA) is 137 Å². The van der Waals surface area contributed by atoms with E-state index < -0.39 is 45.4 Å². The van der Waals surface area contributed by atoms with Crippen LogP contribution in [0.4, 0.5) is 30.6 Å². The second-order valence-corrected chi connectivity index (χ2v) is 14.2. The van der Waals surface area contributed by atoms with Gasteiger partial charge in [-0.15, -0.1) is 0 Å². The average Bonchev–Trinajstić information content (AvgIpc) is 3.57. The summed E-state index contributed by atoms with van der Waals surface area (Å²) in [4.78, 5) is 38.0. The standard InChI is InChI=1S/C29H38F3N7O4S/c1-38-13-10-21(11-14-38)39(2)27(41)18-6-8-19(9-7-18)35-28-33-16-23(29(30,31)32)25(37-28)36-24-5-3-4-22(24)26(40)34-20-12-15-44(42,43)17-20/h6-9,16,20-22,24H,3-5,10-15,17H2,1-2H3,(H,34,40)(H2,33,35,36,37)/t20?,22-,24+/m0/s1. The summed E-state index contributed by atoms with van der Waals surface area (Å²) in [6, 6.07) is 5.63. The van der Waals surface area contributed by atoms with Crippen molar-refractivity contribution in [1.82, 2.24) is 25.1 Å². The van der Waals surface area contributed by atoms with Gasteiger partial charge in [-0.25, -0.2) is 13.4 Å². The van der Waals surface area contributed by atoms with E-state index >= 15 is 0 Å².